The van der Waals surface area contributed by atoms with Crippen molar-refractivity contribution in [3.63, 3.8) is 0 Å². The van der Waals surface area contributed by atoms with Crippen molar-refractivity contribution < 1.29 is 19.1 Å². The number of halogens is 2. The molecule has 8 heteroatoms. The summed E-state index contributed by atoms with van der Waals surface area (Å²) in [6.07, 6.45) is 1.39. The summed E-state index contributed by atoms with van der Waals surface area (Å²) < 4.78 is 5.72. The molecule has 1 amide bonds. The largest absolute Gasteiger partial charge is 0.480 e. The Morgan fingerprint density at radius 2 is 1.96 bits per heavy atom. The summed E-state index contributed by atoms with van der Waals surface area (Å²) in [5.41, 5.74) is 0.906. The second kappa shape index (κ2) is 9.07. The van der Waals surface area contributed by atoms with Gasteiger partial charge in [0.25, 0.3) is 0 Å². The molecule has 3 rings (SSSR count). The lowest BCUT2D eigenvalue weighted by Crippen LogP contribution is -2.42. The van der Waals surface area contributed by atoms with Crippen molar-refractivity contribution in [3.8, 4) is 11.3 Å². The molecule has 1 saturated heterocycles. The van der Waals surface area contributed by atoms with Crippen LogP contribution in [0.1, 0.15) is 18.6 Å². The van der Waals surface area contributed by atoms with E-state index in [4.69, 9.17) is 21.1 Å². The number of nitrogens with one attached hydrogen (secondary N) is 1. The van der Waals surface area contributed by atoms with E-state index in [1.54, 1.807) is 23.1 Å². The predicted molar refractivity (Wildman–Crippen MR) is 100 cm³/mol. The molecule has 1 aliphatic rings. The molecule has 140 valence electrons. The Morgan fingerprint density at radius 1 is 1.23 bits per heavy atom. The quantitative estimate of drug-likeness (QED) is 0.780. The van der Waals surface area contributed by atoms with Gasteiger partial charge < -0.3 is 14.8 Å². The number of hydrogen-bond donors (Lipinski definition) is 2. The lowest BCUT2D eigenvalue weighted by Gasteiger charge is -2.19. The van der Waals surface area contributed by atoms with Crippen molar-refractivity contribution >= 4 is 35.9 Å². The molecular formula is C18H20Cl2N2O4. The first-order valence-corrected chi connectivity index (χ1v) is 8.49. The zero-order chi connectivity index (χ0) is 17.8. The Kier molecular flexibility index (Phi) is 7.08. The van der Waals surface area contributed by atoms with Gasteiger partial charge in [-0.15, -0.1) is 12.4 Å². The van der Waals surface area contributed by atoms with Gasteiger partial charge in [-0.1, -0.05) is 11.6 Å². The van der Waals surface area contributed by atoms with E-state index >= 15 is 0 Å². The van der Waals surface area contributed by atoms with Crippen LogP contribution in [0.2, 0.25) is 5.02 Å². The minimum atomic E-state index is -0.871. The van der Waals surface area contributed by atoms with E-state index < -0.39 is 12.0 Å². The van der Waals surface area contributed by atoms with Gasteiger partial charge in [-0.2, -0.15) is 0 Å². The Morgan fingerprint density at radius 3 is 2.65 bits per heavy atom. The van der Waals surface area contributed by atoms with Crippen LogP contribution >= 0.6 is 24.0 Å². The molecule has 1 aromatic heterocycles. The molecule has 0 radical (unpaired) electrons. The standard InChI is InChI=1S/C18H19ClN2O4.ClH/c19-13-5-3-12(4-6-13)16-8-7-14(25-16)10-20-17(22)11-21-9-1-2-15(21)18(23)24;/h3-8,15H,1-2,9-11H2,(H,20,22)(H,23,24);1H/t15-;/m1./s1. The lowest BCUT2D eigenvalue weighted by molar-refractivity contribution is -0.142. The van der Waals surface area contributed by atoms with Crippen molar-refractivity contribution in [2.45, 2.75) is 25.4 Å². The average molecular weight is 399 g/mol. The summed E-state index contributed by atoms with van der Waals surface area (Å²) in [5.74, 6) is 0.252. The molecule has 1 fully saturated rings. The third-order valence-corrected chi connectivity index (χ3v) is 4.50. The van der Waals surface area contributed by atoms with Crippen LogP contribution in [0.15, 0.2) is 40.8 Å². The molecule has 0 unspecified atom stereocenters. The molecule has 0 bridgehead atoms. The normalized spacial score (nSPS) is 16.9. The molecule has 1 atom stereocenters. The molecular weight excluding hydrogens is 379 g/mol. The van der Waals surface area contributed by atoms with Gasteiger partial charge in [-0.3, -0.25) is 14.5 Å². The third kappa shape index (κ3) is 5.00. The van der Waals surface area contributed by atoms with E-state index in [1.807, 2.05) is 18.2 Å². The van der Waals surface area contributed by atoms with E-state index in [9.17, 15) is 9.59 Å². The number of furan rings is 1. The highest BCUT2D eigenvalue weighted by Crippen LogP contribution is 2.23. The number of carbonyl (C=O) groups is 2. The van der Waals surface area contributed by atoms with Gasteiger partial charge in [0.1, 0.15) is 17.6 Å². The highest BCUT2D eigenvalue weighted by molar-refractivity contribution is 6.30. The fourth-order valence-electron chi connectivity index (χ4n) is 2.96. The van der Waals surface area contributed by atoms with Gasteiger partial charge in [0.2, 0.25) is 5.91 Å². The maximum Gasteiger partial charge on any atom is 0.320 e. The number of carboxylic acids is 1. The molecule has 1 aliphatic heterocycles. The molecule has 0 spiro atoms. The van der Waals surface area contributed by atoms with E-state index in [-0.39, 0.29) is 31.4 Å². The molecule has 2 N–H and O–H groups in total. The van der Waals surface area contributed by atoms with Gasteiger partial charge in [-0.25, -0.2) is 0 Å². The highest BCUT2D eigenvalue weighted by atomic mass is 35.5. The van der Waals surface area contributed by atoms with Crippen LogP contribution in [0, 0.1) is 0 Å². The van der Waals surface area contributed by atoms with Gasteiger partial charge >= 0.3 is 5.97 Å². The molecule has 0 saturated carbocycles. The molecule has 2 aromatic rings. The number of nitrogens with zero attached hydrogens (tertiary/aromatic N) is 1. The molecule has 1 aromatic carbocycles. The topological polar surface area (TPSA) is 82.8 Å². The van der Waals surface area contributed by atoms with Crippen LogP contribution in [0.4, 0.5) is 0 Å². The Bertz CT molecular complexity index is 761. The van der Waals surface area contributed by atoms with E-state index in [1.165, 1.54) is 0 Å². The highest BCUT2D eigenvalue weighted by Gasteiger charge is 2.31. The molecule has 2 heterocycles. The fraction of sp³-hybridized carbons (Fsp3) is 0.333. The zero-order valence-electron chi connectivity index (χ0n) is 14.0. The van der Waals surface area contributed by atoms with Gasteiger partial charge in [0.05, 0.1) is 13.1 Å². The third-order valence-electron chi connectivity index (χ3n) is 4.25. The van der Waals surface area contributed by atoms with Crippen LogP contribution in [0.5, 0.6) is 0 Å². The van der Waals surface area contributed by atoms with E-state index in [2.05, 4.69) is 5.32 Å². The first kappa shape index (κ1) is 20.3. The van der Waals surface area contributed by atoms with Crippen molar-refractivity contribution in [2.75, 3.05) is 13.1 Å². The summed E-state index contributed by atoms with van der Waals surface area (Å²) in [4.78, 5) is 24.9. The fourth-order valence-corrected chi connectivity index (χ4v) is 3.09. The average Bonchev–Trinajstić information content (AvgIpc) is 3.23. The minimum absolute atomic E-state index is 0. The van der Waals surface area contributed by atoms with Crippen LogP contribution in [0.3, 0.4) is 0 Å². The van der Waals surface area contributed by atoms with Gasteiger partial charge in [0.15, 0.2) is 0 Å². The number of carbonyl (C=O) groups excluding carboxylic acids is 1. The second-order valence-corrected chi connectivity index (χ2v) is 6.45. The monoisotopic (exact) mass is 398 g/mol. The van der Waals surface area contributed by atoms with Crippen LogP contribution < -0.4 is 5.32 Å². The first-order valence-electron chi connectivity index (χ1n) is 8.11. The van der Waals surface area contributed by atoms with Crippen LogP contribution in [0.25, 0.3) is 11.3 Å². The number of likely N-dealkylation sites (tertiary alicyclic amines) is 1. The predicted octanol–water partition coefficient (Wildman–Crippen LogP) is 3.19. The number of rotatable bonds is 6. The number of aliphatic carboxylic acids is 1. The summed E-state index contributed by atoms with van der Waals surface area (Å²) in [7, 11) is 0. The number of amides is 1. The van der Waals surface area contributed by atoms with Crippen molar-refractivity contribution in [3.05, 3.63) is 47.2 Å². The number of carboxylic acid groups (broad SMARTS) is 1. The minimum Gasteiger partial charge on any atom is -0.480 e. The molecule has 6 nitrogen and oxygen atoms in total. The smallest absolute Gasteiger partial charge is 0.320 e. The van der Waals surface area contributed by atoms with Crippen molar-refractivity contribution in [2.24, 2.45) is 0 Å². The number of benzene rings is 1. The first-order chi connectivity index (χ1) is 12.0. The SMILES string of the molecule is Cl.O=C(CN1CCC[C@@H]1C(=O)O)NCc1ccc(-c2ccc(Cl)cc2)o1. The van der Waals surface area contributed by atoms with E-state index in [0.29, 0.717) is 29.5 Å². The molecule has 26 heavy (non-hydrogen) atoms. The van der Waals surface area contributed by atoms with Crippen LogP contribution in [-0.2, 0) is 16.1 Å². The van der Waals surface area contributed by atoms with Gasteiger partial charge in [0, 0.05) is 10.6 Å². The maximum atomic E-state index is 12.1. The summed E-state index contributed by atoms with van der Waals surface area (Å²) >= 11 is 5.87. The number of hydrogen-bond acceptors (Lipinski definition) is 4. The second-order valence-electron chi connectivity index (χ2n) is 6.02. The van der Waals surface area contributed by atoms with Crippen molar-refractivity contribution in [1.29, 1.82) is 0 Å². The lowest BCUT2D eigenvalue weighted by atomic mass is 10.2. The van der Waals surface area contributed by atoms with Gasteiger partial charge in [-0.05, 0) is 55.8 Å². The Balaban J connectivity index is 0.00000243. The Labute approximate surface area is 162 Å². The summed E-state index contributed by atoms with van der Waals surface area (Å²) in [6.45, 7) is 0.978. The summed E-state index contributed by atoms with van der Waals surface area (Å²) in [6, 6.07) is 10.4. The Hall–Kier alpha value is -2.02. The zero-order valence-corrected chi connectivity index (χ0v) is 15.6. The van der Waals surface area contributed by atoms with Crippen LogP contribution in [-0.4, -0.2) is 41.0 Å². The maximum absolute atomic E-state index is 12.1. The van der Waals surface area contributed by atoms with Crippen molar-refractivity contribution in [1.82, 2.24) is 10.2 Å². The summed E-state index contributed by atoms with van der Waals surface area (Å²) in [5, 5.41) is 12.6. The van der Waals surface area contributed by atoms with E-state index in [0.717, 1.165) is 12.0 Å². The molecule has 0 aliphatic carbocycles.